The third-order valence-electron chi connectivity index (χ3n) is 1.40. The maximum absolute atomic E-state index is 11.2. The molecule has 0 spiro atoms. The molecule has 0 radical (unpaired) electrons. The minimum atomic E-state index is -0.485. The van der Waals surface area contributed by atoms with E-state index in [-0.39, 0.29) is 12.3 Å². The Kier molecular flexibility index (Phi) is 3.44. The van der Waals surface area contributed by atoms with Crippen LogP contribution < -0.4 is 0 Å². The van der Waals surface area contributed by atoms with Crippen molar-refractivity contribution in [2.45, 2.75) is 13.5 Å². The van der Waals surface area contributed by atoms with Gasteiger partial charge in [-0.3, -0.25) is 5.10 Å². The molecule has 2 N–H and O–H groups in total. The van der Waals surface area contributed by atoms with Crippen LogP contribution >= 0.6 is 15.9 Å². The smallest absolute Gasteiger partial charge is 0.357 e. The molecule has 1 heterocycles. The van der Waals surface area contributed by atoms with Gasteiger partial charge in [0.2, 0.25) is 0 Å². The molecule has 0 bridgehead atoms. The average molecular weight is 249 g/mol. The Balaban J connectivity index is 2.89. The number of aliphatic hydroxyl groups excluding tert-OH is 1. The van der Waals surface area contributed by atoms with Crippen LogP contribution in [0.2, 0.25) is 0 Å². The van der Waals surface area contributed by atoms with Crippen molar-refractivity contribution in [2.24, 2.45) is 0 Å². The molecule has 0 fully saturated rings. The maximum Gasteiger partial charge on any atom is 0.357 e. The van der Waals surface area contributed by atoms with E-state index >= 15 is 0 Å². The largest absolute Gasteiger partial charge is 0.461 e. The molecule has 72 valence electrons. The number of hydrogen-bond acceptors (Lipinski definition) is 4. The Morgan fingerprint density at radius 1 is 1.77 bits per heavy atom. The van der Waals surface area contributed by atoms with Crippen molar-refractivity contribution in [2.75, 3.05) is 6.61 Å². The SMILES string of the molecule is CCOC(=O)c1[nH]nc(CO)c1Br. The van der Waals surface area contributed by atoms with Crippen molar-refractivity contribution in [3.63, 3.8) is 0 Å². The van der Waals surface area contributed by atoms with Gasteiger partial charge in [0.15, 0.2) is 5.69 Å². The van der Waals surface area contributed by atoms with Crippen LogP contribution in [0.4, 0.5) is 0 Å². The quantitative estimate of drug-likeness (QED) is 0.778. The fraction of sp³-hybridized carbons (Fsp3) is 0.429. The summed E-state index contributed by atoms with van der Waals surface area (Å²) in [6.45, 7) is 1.80. The molecule has 5 nitrogen and oxygen atoms in total. The second kappa shape index (κ2) is 4.38. The predicted molar refractivity (Wildman–Crippen MR) is 48.2 cm³/mol. The molecule has 0 aliphatic heterocycles. The highest BCUT2D eigenvalue weighted by atomic mass is 79.9. The van der Waals surface area contributed by atoms with Gasteiger partial charge in [0.1, 0.15) is 5.69 Å². The van der Waals surface area contributed by atoms with Gasteiger partial charge < -0.3 is 9.84 Å². The number of H-pyrrole nitrogens is 1. The van der Waals surface area contributed by atoms with E-state index in [2.05, 4.69) is 26.1 Å². The van der Waals surface area contributed by atoms with Crippen molar-refractivity contribution >= 4 is 21.9 Å². The summed E-state index contributed by atoms with van der Waals surface area (Å²) in [7, 11) is 0. The van der Waals surface area contributed by atoms with Crippen LogP contribution in [0.5, 0.6) is 0 Å². The van der Waals surface area contributed by atoms with Gasteiger partial charge >= 0.3 is 5.97 Å². The summed E-state index contributed by atoms with van der Waals surface area (Å²) < 4.78 is 5.20. The van der Waals surface area contributed by atoms with Gasteiger partial charge in [-0.15, -0.1) is 0 Å². The van der Waals surface area contributed by atoms with E-state index in [0.29, 0.717) is 16.8 Å². The van der Waals surface area contributed by atoms with Crippen molar-refractivity contribution in [3.8, 4) is 0 Å². The van der Waals surface area contributed by atoms with Gasteiger partial charge in [-0.25, -0.2) is 4.79 Å². The average Bonchev–Trinajstić information content (AvgIpc) is 2.47. The zero-order valence-electron chi connectivity index (χ0n) is 7.00. The van der Waals surface area contributed by atoms with Crippen LogP contribution in [0.1, 0.15) is 23.1 Å². The van der Waals surface area contributed by atoms with E-state index in [9.17, 15) is 4.79 Å². The van der Waals surface area contributed by atoms with Crippen LogP contribution in [-0.4, -0.2) is 27.9 Å². The van der Waals surface area contributed by atoms with E-state index in [0.717, 1.165) is 0 Å². The molecule has 1 rings (SSSR count). The highest BCUT2D eigenvalue weighted by Crippen LogP contribution is 2.19. The molecule has 13 heavy (non-hydrogen) atoms. The molecule has 1 aromatic heterocycles. The van der Waals surface area contributed by atoms with Gasteiger partial charge in [-0.05, 0) is 22.9 Å². The Morgan fingerprint density at radius 3 is 2.92 bits per heavy atom. The summed E-state index contributed by atoms with van der Waals surface area (Å²) in [6.07, 6.45) is 0. The van der Waals surface area contributed by atoms with Crippen LogP contribution in [0.15, 0.2) is 4.47 Å². The minimum Gasteiger partial charge on any atom is -0.461 e. The summed E-state index contributed by atoms with van der Waals surface area (Å²) in [6, 6.07) is 0. The Labute approximate surface area is 83.2 Å². The van der Waals surface area contributed by atoms with Crippen molar-refractivity contribution in [1.29, 1.82) is 0 Å². The molecule has 0 saturated carbocycles. The lowest BCUT2D eigenvalue weighted by Crippen LogP contribution is -2.05. The molecule has 0 aliphatic rings. The van der Waals surface area contributed by atoms with Crippen LogP contribution in [0, 0.1) is 0 Å². The zero-order valence-corrected chi connectivity index (χ0v) is 8.59. The summed E-state index contributed by atoms with van der Waals surface area (Å²) in [4.78, 5) is 11.2. The van der Waals surface area contributed by atoms with Crippen molar-refractivity contribution < 1.29 is 14.6 Å². The van der Waals surface area contributed by atoms with Gasteiger partial charge in [0.05, 0.1) is 17.7 Å². The summed E-state index contributed by atoms with van der Waals surface area (Å²) in [5.74, 6) is -0.485. The number of hydrogen-bond donors (Lipinski definition) is 2. The lowest BCUT2D eigenvalue weighted by Gasteiger charge is -1.98. The molecule has 0 aliphatic carbocycles. The number of aromatic amines is 1. The molecule has 0 atom stereocenters. The summed E-state index contributed by atoms with van der Waals surface area (Å²) >= 11 is 3.13. The van der Waals surface area contributed by atoms with Crippen LogP contribution in [-0.2, 0) is 11.3 Å². The summed E-state index contributed by atoms with van der Waals surface area (Å²) in [5.41, 5.74) is 0.619. The molecular formula is C7H9BrN2O3. The lowest BCUT2D eigenvalue weighted by molar-refractivity contribution is 0.0518. The molecule has 0 saturated heterocycles. The Bertz CT molecular complexity index is 311. The van der Waals surface area contributed by atoms with E-state index in [4.69, 9.17) is 9.84 Å². The first kappa shape index (κ1) is 10.2. The normalized spacial score (nSPS) is 10.1. The number of ether oxygens (including phenoxy) is 1. The first-order valence-electron chi connectivity index (χ1n) is 3.71. The minimum absolute atomic E-state index is 0.226. The number of aromatic nitrogens is 2. The topological polar surface area (TPSA) is 75.2 Å². The first-order chi connectivity index (χ1) is 6.20. The number of nitrogens with zero attached hydrogens (tertiary/aromatic N) is 1. The molecule has 6 heteroatoms. The fourth-order valence-corrected chi connectivity index (χ4v) is 1.27. The molecule has 0 aromatic carbocycles. The standard InChI is InChI=1S/C7H9BrN2O3/c1-2-13-7(12)6-5(8)4(3-11)9-10-6/h11H,2-3H2,1H3,(H,9,10). The number of halogens is 1. The Morgan fingerprint density at radius 2 is 2.46 bits per heavy atom. The fourth-order valence-electron chi connectivity index (χ4n) is 0.809. The third-order valence-corrected chi connectivity index (χ3v) is 2.26. The number of aliphatic hydroxyl groups is 1. The lowest BCUT2D eigenvalue weighted by atomic mass is 10.3. The molecule has 0 amide bonds. The van der Waals surface area contributed by atoms with Crippen LogP contribution in [0.3, 0.4) is 0 Å². The number of rotatable bonds is 3. The van der Waals surface area contributed by atoms with E-state index in [1.807, 2.05) is 0 Å². The second-order valence-corrected chi connectivity index (χ2v) is 3.03. The van der Waals surface area contributed by atoms with E-state index in [1.165, 1.54) is 0 Å². The highest BCUT2D eigenvalue weighted by Gasteiger charge is 2.17. The van der Waals surface area contributed by atoms with Gasteiger partial charge in [0, 0.05) is 0 Å². The van der Waals surface area contributed by atoms with E-state index < -0.39 is 5.97 Å². The third kappa shape index (κ3) is 2.07. The number of nitrogens with one attached hydrogen (secondary N) is 1. The number of carbonyl (C=O) groups excluding carboxylic acids is 1. The van der Waals surface area contributed by atoms with Gasteiger partial charge in [-0.2, -0.15) is 5.10 Å². The predicted octanol–water partition coefficient (Wildman–Crippen LogP) is 0.841. The maximum atomic E-state index is 11.2. The van der Waals surface area contributed by atoms with Crippen molar-refractivity contribution in [1.82, 2.24) is 10.2 Å². The second-order valence-electron chi connectivity index (χ2n) is 2.24. The monoisotopic (exact) mass is 248 g/mol. The Hall–Kier alpha value is -0.880. The number of carbonyl (C=O) groups is 1. The zero-order chi connectivity index (χ0) is 9.84. The van der Waals surface area contributed by atoms with Gasteiger partial charge in [0.25, 0.3) is 0 Å². The number of esters is 1. The van der Waals surface area contributed by atoms with Gasteiger partial charge in [-0.1, -0.05) is 0 Å². The van der Waals surface area contributed by atoms with Crippen molar-refractivity contribution in [3.05, 3.63) is 15.9 Å². The van der Waals surface area contributed by atoms with Crippen LogP contribution in [0.25, 0.3) is 0 Å². The molecule has 0 unspecified atom stereocenters. The summed E-state index contributed by atoms with van der Waals surface area (Å²) in [5, 5.41) is 15.0. The first-order valence-corrected chi connectivity index (χ1v) is 4.50. The van der Waals surface area contributed by atoms with E-state index in [1.54, 1.807) is 6.92 Å². The molecular weight excluding hydrogens is 240 g/mol. The molecule has 1 aromatic rings. The highest BCUT2D eigenvalue weighted by molar-refractivity contribution is 9.10.